The Morgan fingerprint density at radius 3 is 2.08 bits per heavy atom. The number of benzene rings is 2. The lowest BCUT2D eigenvalue weighted by Crippen LogP contribution is -2.48. The molecule has 3 rings (SSSR count). The van der Waals surface area contributed by atoms with Crippen LogP contribution in [0.4, 0.5) is 46.0 Å². The first-order chi connectivity index (χ1) is 18.2. The van der Waals surface area contributed by atoms with E-state index in [1.54, 1.807) is 13.8 Å². The van der Waals surface area contributed by atoms with Crippen LogP contribution in [0.25, 0.3) is 0 Å². The van der Waals surface area contributed by atoms with E-state index in [0.717, 1.165) is 12.0 Å². The van der Waals surface area contributed by atoms with Gasteiger partial charge in [-0.25, -0.2) is 14.0 Å². The summed E-state index contributed by atoms with van der Waals surface area (Å²) in [6, 6.07) is 3.85. The molecule has 0 saturated heterocycles. The highest BCUT2D eigenvalue weighted by atomic mass is 19.4. The van der Waals surface area contributed by atoms with Gasteiger partial charge in [0, 0.05) is 12.6 Å². The number of rotatable bonds is 6. The molecule has 2 atom stereocenters. The molecule has 13 heteroatoms. The molecule has 2 aromatic carbocycles. The van der Waals surface area contributed by atoms with Crippen LogP contribution < -0.4 is 4.90 Å². The molecule has 0 N–H and O–H groups in total. The summed E-state index contributed by atoms with van der Waals surface area (Å²) in [5.41, 5.74) is -2.74. The molecule has 1 heterocycles. The highest BCUT2D eigenvalue weighted by molar-refractivity contribution is 5.90. The molecule has 6 nitrogen and oxygen atoms in total. The Morgan fingerprint density at radius 2 is 1.59 bits per heavy atom. The van der Waals surface area contributed by atoms with Gasteiger partial charge in [0.05, 0.1) is 36.6 Å². The molecule has 0 saturated carbocycles. The summed E-state index contributed by atoms with van der Waals surface area (Å²) in [5.74, 6) is 0. The van der Waals surface area contributed by atoms with Crippen LogP contribution in [0, 0.1) is 0 Å². The number of alkyl halides is 7. The second-order valence-corrected chi connectivity index (χ2v) is 8.92. The van der Waals surface area contributed by atoms with Gasteiger partial charge >= 0.3 is 24.5 Å². The van der Waals surface area contributed by atoms with Crippen LogP contribution in [0.5, 0.6) is 0 Å². The number of anilines is 1. The minimum Gasteiger partial charge on any atom is -0.453 e. The molecule has 0 unspecified atom stereocenters. The third-order valence-corrected chi connectivity index (χ3v) is 6.45. The third kappa shape index (κ3) is 6.56. The number of carbonyl (C=O) groups excluding carboxylic acids is 2. The quantitative estimate of drug-likeness (QED) is 0.338. The normalized spacial score (nSPS) is 17.4. The van der Waals surface area contributed by atoms with Crippen molar-refractivity contribution in [1.82, 2.24) is 4.90 Å². The van der Waals surface area contributed by atoms with Crippen LogP contribution in [0.1, 0.15) is 60.5 Å². The predicted octanol–water partition coefficient (Wildman–Crippen LogP) is 7.65. The zero-order valence-corrected chi connectivity index (χ0v) is 21.3. The van der Waals surface area contributed by atoms with E-state index in [9.17, 15) is 40.3 Å². The second kappa shape index (κ2) is 11.7. The van der Waals surface area contributed by atoms with E-state index in [1.165, 1.54) is 23.1 Å². The van der Waals surface area contributed by atoms with E-state index in [-0.39, 0.29) is 35.9 Å². The van der Waals surface area contributed by atoms with Crippen molar-refractivity contribution < 1.29 is 49.8 Å². The van der Waals surface area contributed by atoms with E-state index < -0.39 is 66.5 Å². The fraction of sp³-hybridized carbons (Fsp3) is 0.462. The zero-order valence-electron chi connectivity index (χ0n) is 21.3. The third-order valence-electron chi connectivity index (χ3n) is 6.45. The van der Waals surface area contributed by atoms with Gasteiger partial charge in [0.15, 0.2) is 0 Å². The van der Waals surface area contributed by atoms with Crippen molar-refractivity contribution in [1.29, 1.82) is 0 Å². The molecule has 0 aromatic heterocycles. The molecule has 0 radical (unpaired) electrons. The summed E-state index contributed by atoms with van der Waals surface area (Å²) in [4.78, 5) is 28.1. The number of fused-ring (bicyclic) bond motifs is 1. The highest BCUT2D eigenvalue weighted by Crippen LogP contribution is 2.44. The summed E-state index contributed by atoms with van der Waals surface area (Å²) in [7, 11) is 1.02. The molecule has 2 amide bonds. The van der Waals surface area contributed by atoms with Gasteiger partial charge in [-0.15, -0.1) is 0 Å². The molecule has 1 aliphatic heterocycles. The second-order valence-electron chi connectivity index (χ2n) is 8.92. The van der Waals surface area contributed by atoms with Crippen LogP contribution in [0.3, 0.4) is 0 Å². The van der Waals surface area contributed by atoms with Crippen LogP contribution in [-0.4, -0.2) is 36.8 Å². The first-order valence-corrected chi connectivity index (χ1v) is 12.0. The van der Waals surface area contributed by atoms with E-state index in [2.05, 4.69) is 0 Å². The van der Waals surface area contributed by atoms with Gasteiger partial charge in [-0.3, -0.25) is 9.80 Å². The van der Waals surface area contributed by atoms with E-state index in [0.29, 0.717) is 18.6 Å². The Balaban J connectivity index is 2.17. The predicted molar refractivity (Wildman–Crippen MR) is 127 cm³/mol. The molecule has 0 spiro atoms. The van der Waals surface area contributed by atoms with E-state index >= 15 is 0 Å². The van der Waals surface area contributed by atoms with Crippen LogP contribution in [0.2, 0.25) is 0 Å². The minimum atomic E-state index is -5.08. The molecule has 0 fully saturated rings. The lowest BCUT2D eigenvalue weighted by molar-refractivity contribution is -0.143. The first-order valence-electron chi connectivity index (χ1n) is 12.0. The van der Waals surface area contributed by atoms with E-state index in [1.807, 2.05) is 0 Å². The van der Waals surface area contributed by atoms with E-state index in [4.69, 9.17) is 9.47 Å². The number of halogens is 7. The summed E-state index contributed by atoms with van der Waals surface area (Å²) in [5, 5.41) is 0. The van der Waals surface area contributed by atoms with Gasteiger partial charge in [-0.2, -0.15) is 26.3 Å². The van der Waals surface area contributed by atoms with Crippen molar-refractivity contribution in [3.63, 3.8) is 0 Å². The molecular formula is C26H27F7N2O4. The zero-order chi connectivity index (χ0) is 29.1. The van der Waals surface area contributed by atoms with Gasteiger partial charge < -0.3 is 9.47 Å². The number of methoxy groups -OCH3 is 1. The summed E-state index contributed by atoms with van der Waals surface area (Å²) >= 11 is 0. The van der Waals surface area contributed by atoms with Crippen molar-refractivity contribution in [3.05, 3.63) is 64.2 Å². The number of hydrogen-bond acceptors (Lipinski definition) is 4. The smallest absolute Gasteiger partial charge is 0.416 e. The molecule has 39 heavy (non-hydrogen) atoms. The number of nitrogens with zero attached hydrogens (tertiary/aromatic N) is 2. The van der Waals surface area contributed by atoms with Crippen LogP contribution in [-0.2, 0) is 35.0 Å². The Labute approximate surface area is 220 Å². The SMILES string of the molecule is CCOC(=O)N1c2ccc(CF)cc2[C@H](N(Cc2cc(C(F)(F)F)cc(C(F)(F)F)c2)C(=O)OC)C[C@@H]1CC. The van der Waals surface area contributed by atoms with Crippen LogP contribution >= 0.6 is 0 Å². The maximum absolute atomic E-state index is 13.6. The maximum atomic E-state index is 13.6. The topological polar surface area (TPSA) is 59.1 Å². The minimum absolute atomic E-state index is 0.000248. The Kier molecular flexibility index (Phi) is 9.01. The average Bonchev–Trinajstić information content (AvgIpc) is 2.89. The molecular weight excluding hydrogens is 537 g/mol. The number of hydrogen-bond donors (Lipinski definition) is 0. The Bertz CT molecular complexity index is 1170. The number of carbonyl (C=O) groups is 2. The van der Waals surface area contributed by atoms with Crippen LogP contribution in [0.15, 0.2) is 36.4 Å². The highest BCUT2D eigenvalue weighted by Gasteiger charge is 2.41. The number of amides is 2. The fourth-order valence-electron chi connectivity index (χ4n) is 4.67. The van der Waals surface area contributed by atoms with Gasteiger partial charge in [0.2, 0.25) is 0 Å². The Morgan fingerprint density at radius 1 is 0.974 bits per heavy atom. The standard InChI is InChI=1S/C26H27F7N2O4/c1-4-19-12-22(20-10-15(13-27)6-7-21(20)35(19)24(37)39-5-2)34(23(36)38-3)14-16-8-17(25(28,29)30)11-18(9-16)26(31,32)33/h6-11,19,22H,4-5,12-14H2,1-3H3/t19-,22+/m0/s1. The summed E-state index contributed by atoms with van der Waals surface area (Å²) < 4.78 is 104. The molecule has 0 aliphatic carbocycles. The van der Waals surface area contributed by atoms with Crippen molar-refractivity contribution in [3.8, 4) is 0 Å². The van der Waals surface area contributed by atoms with Gasteiger partial charge in [-0.05, 0) is 66.8 Å². The molecule has 0 bridgehead atoms. The molecule has 214 valence electrons. The van der Waals surface area contributed by atoms with Gasteiger partial charge in [-0.1, -0.05) is 13.0 Å². The summed E-state index contributed by atoms with van der Waals surface area (Å²) in [6.07, 6.45) is -11.5. The van der Waals surface area contributed by atoms with Crippen molar-refractivity contribution >= 4 is 17.9 Å². The fourth-order valence-corrected chi connectivity index (χ4v) is 4.67. The monoisotopic (exact) mass is 564 g/mol. The van der Waals surface area contributed by atoms with Crippen molar-refractivity contribution in [2.75, 3.05) is 18.6 Å². The lowest BCUT2D eigenvalue weighted by atomic mass is 9.87. The molecule has 2 aromatic rings. The Hall–Kier alpha value is -3.51. The van der Waals surface area contributed by atoms with Gasteiger partial charge in [0.25, 0.3) is 0 Å². The maximum Gasteiger partial charge on any atom is 0.416 e. The average molecular weight is 564 g/mol. The molecule has 1 aliphatic rings. The number of ether oxygens (including phenoxy) is 2. The van der Waals surface area contributed by atoms with Crippen molar-refractivity contribution in [2.24, 2.45) is 0 Å². The largest absolute Gasteiger partial charge is 0.453 e. The van der Waals surface area contributed by atoms with Gasteiger partial charge in [0.1, 0.15) is 6.67 Å². The van der Waals surface area contributed by atoms with Crippen molar-refractivity contribution in [2.45, 2.75) is 64.3 Å². The summed E-state index contributed by atoms with van der Waals surface area (Å²) in [6.45, 7) is 1.87. The first kappa shape index (κ1) is 30.0. The lowest BCUT2D eigenvalue weighted by Gasteiger charge is -2.43.